The molecule has 7 nitrogen and oxygen atoms in total. The maximum atomic E-state index is 9.47. The molecule has 8 N–H and O–H groups in total. The van der Waals surface area contributed by atoms with Crippen LogP contribution in [0.2, 0.25) is 0 Å². The first-order valence-corrected chi connectivity index (χ1v) is 5.78. The Morgan fingerprint density at radius 3 is 2.89 bits per heavy atom. The Labute approximate surface area is 109 Å². The van der Waals surface area contributed by atoms with Crippen molar-refractivity contribution in [2.24, 2.45) is 5.73 Å². The smallest absolute Gasteiger partial charge is 0.195 e. The van der Waals surface area contributed by atoms with Crippen molar-refractivity contribution in [3.63, 3.8) is 0 Å². The van der Waals surface area contributed by atoms with Crippen molar-refractivity contribution >= 4 is 22.8 Å². The fourth-order valence-electron chi connectivity index (χ4n) is 1.87. The van der Waals surface area contributed by atoms with Gasteiger partial charge < -0.3 is 21.1 Å². The Bertz CT molecular complexity index is 618. The highest BCUT2D eigenvalue weighted by molar-refractivity contribution is 5.94. The third-order valence-corrected chi connectivity index (χ3v) is 2.71. The van der Waals surface area contributed by atoms with Gasteiger partial charge in [0.2, 0.25) is 0 Å². The van der Waals surface area contributed by atoms with E-state index >= 15 is 0 Å². The average molecular weight is 260 g/mol. The molecule has 0 bridgehead atoms. The summed E-state index contributed by atoms with van der Waals surface area (Å²) in [7, 11) is 0. The maximum absolute atomic E-state index is 9.47. The molecule has 0 aliphatic heterocycles. The zero-order valence-electron chi connectivity index (χ0n) is 10.2. The monoisotopic (exact) mass is 260 g/mol. The van der Waals surface area contributed by atoms with E-state index in [2.05, 4.69) is 15.6 Å². The second-order valence-corrected chi connectivity index (χ2v) is 4.13. The Morgan fingerprint density at radius 2 is 2.16 bits per heavy atom. The van der Waals surface area contributed by atoms with E-state index in [0.29, 0.717) is 13.0 Å². The van der Waals surface area contributed by atoms with Crippen molar-refractivity contribution in [2.75, 3.05) is 6.54 Å². The van der Waals surface area contributed by atoms with Gasteiger partial charge in [-0.1, -0.05) is 0 Å². The Morgan fingerprint density at radius 1 is 1.37 bits per heavy atom. The molecule has 0 amide bonds. The van der Waals surface area contributed by atoms with Gasteiger partial charge in [-0.05, 0) is 30.2 Å². The number of hydrogen-bond acceptors (Lipinski definition) is 3. The summed E-state index contributed by atoms with van der Waals surface area (Å²) in [6, 6.07) is 5.16. The molecular weight excluding hydrogens is 244 g/mol. The predicted octanol–water partition coefficient (Wildman–Crippen LogP) is 0.423. The second-order valence-electron chi connectivity index (χ2n) is 4.13. The van der Waals surface area contributed by atoms with Crippen LogP contribution in [0.25, 0.3) is 10.9 Å². The van der Waals surface area contributed by atoms with Gasteiger partial charge in [-0.3, -0.25) is 16.1 Å². The fourth-order valence-corrected chi connectivity index (χ4v) is 1.87. The summed E-state index contributed by atoms with van der Waals surface area (Å²) >= 11 is 0. The van der Waals surface area contributed by atoms with Crippen molar-refractivity contribution in [1.82, 2.24) is 15.6 Å². The molecule has 0 aliphatic rings. The molecule has 0 unspecified atom stereocenters. The topological polar surface area (TPSA) is 134 Å². The summed E-state index contributed by atoms with van der Waals surface area (Å²) < 4.78 is 0. The molecule has 19 heavy (non-hydrogen) atoms. The first kappa shape index (κ1) is 12.7. The summed E-state index contributed by atoms with van der Waals surface area (Å²) in [5.41, 5.74) is 7.12. The number of aromatic amines is 1. The van der Waals surface area contributed by atoms with Crippen molar-refractivity contribution in [3.8, 4) is 5.75 Å². The molecule has 1 heterocycles. The Balaban J connectivity index is 1.96. The zero-order chi connectivity index (χ0) is 13.8. The minimum absolute atomic E-state index is 0.00446. The first-order valence-electron chi connectivity index (χ1n) is 5.78. The minimum atomic E-state index is -0.269. The fraction of sp³-hybridized carbons (Fsp3) is 0.167. The van der Waals surface area contributed by atoms with E-state index in [4.69, 9.17) is 16.6 Å². The van der Waals surface area contributed by atoms with E-state index in [1.807, 2.05) is 12.3 Å². The van der Waals surface area contributed by atoms with Crippen LogP contribution in [-0.4, -0.2) is 28.6 Å². The normalized spacial score (nSPS) is 10.3. The average Bonchev–Trinajstić information content (AvgIpc) is 2.71. The van der Waals surface area contributed by atoms with Gasteiger partial charge >= 0.3 is 0 Å². The summed E-state index contributed by atoms with van der Waals surface area (Å²) in [5, 5.41) is 30.0. The number of nitrogens with two attached hydrogens (primary N) is 1. The van der Waals surface area contributed by atoms with Gasteiger partial charge in [0.25, 0.3) is 0 Å². The number of phenols is 1. The number of H-pyrrole nitrogens is 1. The summed E-state index contributed by atoms with van der Waals surface area (Å²) in [6.07, 6.45) is 2.57. The number of hydrogen-bond donors (Lipinski definition) is 7. The molecule has 1 aromatic heterocycles. The molecule has 0 saturated carbocycles. The van der Waals surface area contributed by atoms with Crippen LogP contribution in [0.5, 0.6) is 5.75 Å². The number of nitrogens with one attached hydrogen (secondary N) is 5. The number of rotatable bonds is 3. The molecule has 0 atom stereocenters. The van der Waals surface area contributed by atoms with Crippen LogP contribution < -0.4 is 16.4 Å². The van der Waals surface area contributed by atoms with E-state index in [0.717, 1.165) is 16.5 Å². The lowest BCUT2D eigenvalue weighted by Gasteiger charge is -2.08. The van der Waals surface area contributed by atoms with Crippen LogP contribution in [-0.2, 0) is 6.42 Å². The molecule has 0 aliphatic carbocycles. The van der Waals surface area contributed by atoms with Gasteiger partial charge in [0.1, 0.15) is 5.75 Å². The van der Waals surface area contributed by atoms with E-state index in [9.17, 15) is 5.11 Å². The highest BCUT2D eigenvalue weighted by atomic mass is 16.3. The molecule has 0 saturated heterocycles. The van der Waals surface area contributed by atoms with Crippen LogP contribution in [0.4, 0.5) is 0 Å². The predicted molar refractivity (Wildman–Crippen MR) is 74.4 cm³/mol. The van der Waals surface area contributed by atoms with Gasteiger partial charge in [0.15, 0.2) is 11.9 Å². The number of phenolic OH excluding ortho intramolecular Hbond substituents is 1. The molecule has 0 fully saturated rings. The zero-order valence-corrected chi connectivity index (χ0v) is 10.2. The lowest BCUT2D eigenvalue weighted by Crippen LogP contribution is -2.43. The molecule has 0 radical (unpaired) electrons. The molecule has 100 valence electrons. The standard InChI is InChI=1S/C12H16N6O/c13-11(14)18-12(15)16-4-3-7-6-17-10-2-1-8(19)5-9(7)10/h1-2,5-6,17,19H,3-4H2,(H6,13,14,15,16,18). The summed E-state index contributed by atoms with van der Waals surface area (Å²) in [4.78, 5) is 3.12. The lowest BCUT2D eigenvalue weighted by molar-refractivity contribution is 0.476. The van der Waals surface area contributed by atoms with Crippen molar-refractivity contribution in [2.45, 2.75) is 6.42 Å². The quantitative estimate of drug-likeness (QED) is 0.318. The third kappa shape index (κ3) is 3.15. The van der Waals surface area contributed by atoms with E-state index < -0.39 is 0 Å². The maximum Gasteiger partial charge on any atom is 0.195 e. The summed E-state index contributed by atoms with van der Waals surface area (Å²) in [6.45, 7) is 0.529. The SMILES string of the molecule is N=C(N)NC(=N)NCCc1c[nH]c2ccc(O)cc12. The van der Waals surface area contributed by atoms with Crippen LogP contribution in [0.3, 0.4) is 0 Å². The molecular formula is C12H16N6O. The van der Waals surface area contributed by atoms with Gasteiger partial charge in [0.05, 0.1) is 0 Å². The Kier molecular flexibility index (Phi) is 3.56. The van der Waals surface area contributed by atoms with Gasteiger partial charge in [-0.15, -0.1) is 0 Å². The second kappa shape index (κ2) is 5.30. The lowest BCUT2D eigenvalue weighted by atomic mass is 10.1. The third-order valence-electron chi connectivity index (χ3n) is 2.71. The number of fused-ring (bicyclic) bond motifs is 1. The van der Waals surface area contributed by atoms with E-state index in [-0.39, 0.29) is 17.7 Å². The van der Waals surface area contributed by atoms with Gasteiger partial charge in [-0.25, -0.2) is 0 Å². The number of guanidine groups is 2. The molecule has 0 spiro atoms. The van der Waals surface area contributed by atoms with Crippen LogP contribution >= 0.6 is 0 Å². The van der Waals surface area contributed by atoms with Gasteiger partial charge in [0, 0.05) is 23.6 Å². The van der Waals surface area contributed by atoms with Crippen LogP contribution in [0.15, 0.2) is 24.4 Å². The van der Waals surface area contributed by atoms with Crippen molar-refractivity contribution < 1.29 is 5.11 Å². The molecule has 2 aromatic rings. The van der Waals surface area contributed by atoms with E-state index in [1.54, 1.807) is 12.1 Å². The number of aromatic nitrogens is 1. The van der Waals surface area contributed by atoms with Crippen LogP contribution in [0, 0.1) is 10.8 Å². The molecule has 2 rings (SSSR count). The first-order chi connectivity index (χ1) is 9.06. The summed E-state index contributed by atoms with van der Waals surface area (Å²) in [5.74, 6) is -0.0444. The molecule has 7 heteroatoms. The van der Waals surface area contributed by atoms with E-state index in [1.165, 1.54) is 0 Å². The van der Waals surface area contributed by atoms with Gasteiger partial charge in [-0.2, -0.15) is 0 Å². The molecule has 1 aromatic carbocycles. The number of benzene rings is 1. The van der Waals surface area contributed by atoms with Crippen molar-refractivity contribution in [1.29, 1.82) is 10.8 Å². The minimum Gasteiger partial charge on any atom is -0.508 e. The highest BCUT2D eigenvalue weighted by Crippen LogP contribution is 2.22. The van der Waals surface area contributed by atoms with Crippen molar-refractivity contribution in [3.05, 3.63) is 30.0 Å². The van der Waals surface area contributed by atoms with Crippen LogP contribution in [0.1, 0.15) is 5.56 Å². The number of aromatic hydroxyl groups is 1. The largest absolute Gasteiger partial charge is 0.508 e. The Hall–Kier alpha value is -2.70. The highest BCUT2D eigenvalue weighted by Gasteiger charge is 2.05.